The molecule has 3 rings (SSSR count). The number of hydrogen-bond acceptors (Lipinski definition) is 1. The standard InChI is InChI=1S/C18H13ClFN/c1-3-12-9-14-17(19)16(13-7-5-4-6-8-13)11(2)21-18(14)15(20)10-12/h3-10H,1H2,2H3. The van der Waals surface area contributed by atoms with Crippen molar-refractivity contribution >= 4 is 28.6 Å². The van der Waals surface area contributed by atoms with E-state index in [9.17, 15) is 4.39 Å². The Hall–Kier alpha value is -2.19. The maximum Gasteiger partial charge on any atom is 0.150 e. The van der Waals surface area contributed by atoms with E-state index in [1.54, 1.807) is 6.08 Å². The van der Waals surface area contributed by atoms with Gasteiger partial charge in [-0.05, 0) is 30.2 Å². The second kappa shape index (κ2) is 5.30. The van der Waals surface area contributed by atoms with Crippen molar-refractivity contribution < 1.29 is 4.39 Å². The van der Waals surface area contributed by atoms with Crippen LogP contribution in [0.25, 0.3) is 28.1 Å². The molecule has 0 N–H and O–H groups in total. The van der Waals surface area contributed by atoms with Crippen molar-refractivity contribution in [3.05, 3.63) is 71.1 Å². The molecule has 0 aliphatic rings. The topological polar surface area (TPSA) is 12.9 Å². The molecule has 3 aromatic rings. The number of aryl methyl sites for hydroxylation is 1. The molecule has 0 aliphatic heterocycles. The summed E-state index contributed by atoms with van der Waals surface area (Å²) in [5.74, 6) is -0.382. The summed E-state index contributed by atoms with van der Waals surface area (Å²) >= 11 is 6.54. The molecular formula is C18H13ClFN. The lowest BCUT2D eigenvalue weighted by Crippen LogP contribution is -1.95. The van der Waals surface area contributed by atoms with Crippen LogP contribution < -0.4 is 0 Å². The lowest BCUT2D eigenvalue weighted by Gasteiger charge is -2.12. The molecule has 21 heavy (non-hydrogen) atoms. The molecular weight excluding hydrogens is 285 g/mol. The van der Waals surface area contributed by atoms with Gasteiger partial charge in [-0.1, -0.05) is 54.6 Å². The summed E-state index contributed by atoms with van der Waals surface area (Å²) in [5, 5.41) is 1.13. The van der Waals surface area contributed by atoms with Gasteiger partial charge >= 0.3 is 0 Å². The van der Waals surface area contributed by atoms with Crippen LogP contribution in [-0.2, 0) is 0 Å². The Labute approximate surface area is 127 Å². The summed E-state index contributed by atoms with van der Waals surface area (Å²) in [4.78, 5) is 4.39. The van der Waals surface area contributed by atoms with Crippen LogP contribution in [0.15, 0.2) is 49.0 Å². The minimum absolute atomic E-state index is 0.294. The number of rotatable bonds is 2. The summed E-state index contributed by atoms with van der Waals surface area (Å²) in [7, 11) is 0. The van der Waals surface area contributed by atoms with Gasteiger partial charge in [0.2, 0.25) is 0 Å². The zero-order valence-corrected chi connectivity index (χ0v) is 12.3. The van der Waals surface area contributed by atoms with E-state index in [0.29, 0.717) is 27.2 Å². The minimum atomic E-state index is -0.382. The van der Waals surface area contributed by atoms with Crippen LogP contribution in [0, 0.1) is 12.7 Å². The lowest BCUT2D eigenvalue weighted by molar-refractivity contribution is 0.636. The Morgan fingerprint density at radius 2 is 1.90 bits per heavy atom. The number of hydrogen-bond donors (Lipinski definition) is 0. The Morgan fingerprint density at radius 1 is 1.19 bits per heavy atom. The first kappa shape index (κ1) is 13.8. The molecule has 3 heteroatoms. The van der Waals surface area contributed by atoms with Crippen molar-refractivity contribution in [2.45, 2.75) is 6.92 Å². The molecule has 2 aromatic carbocycles. The van der Waals surface area contributed by atoms with Crippen molar-refractivity contribution in [2.75, 3.05) is 0 Å². The summed E-state index contributed by atoms with van der Waals surface area (Å²) in [6.07, 6.45) is 1.60. The lowest BCUT2D eigenvalue weighted by atomic mass is 10.0. The third-order valence-corrected chi connectivity index (χ3v) is 3.87. The van der Waals surface area contributed by atoms with E-state index < -0.39 is 0 Å². The second-order valence-corrected chi connectivity index (χ2v) is 5.23. The molecule has 1 nitrogen and oxygen atoms in total. The smallest absolute Gasteiger partial charge is 0.150 e. The summed E-state index contributed by atoms with van der Waals surface area (Å²) in [6.45, 7) is 5.52. The molecule has 0 radical (unpaired) electrons. The Balaban J connectivity index is 2.40. The van der Waals surface area contributed by atoms with Crippen LogP contribution in [0.4, 0.5) is 4.39 Å². The highest BCUT2D eigenvalue weighted by Crippen LogP contribution is 2.36. The highest BCUT2D eigenvalue weighted by atomic mass is 35.5. The predicted molar refractivity (Wildman–Crippen MR) is 87.0 cm³/mol. The fourth-order valence-electron chi connectivity index (χ4n) is 2.48. The van der Waals surface area contributed by atoms with E-state index in [1.807, 2.05) is 43.3 Å². The maximum absolute atomic E-state index is 14.2. The van der Waals surface area contributed by atoms with Gasteiger partial charge in [0.15, 0.2) is 0 Å². The quantitative estimate of drug-likeness (QED) is 0.596. The Morgan fingerprint density at radius 3 is 2.57 bits per heavy atom. The summed E-state index contributed by atoms with van der Waals surface area (Å²) in [6, 6.07) is 13.0. The molecule has 0 saturated carbocycles. The third-order valence-electron chi connectivity index (χ3n) is 3.48. The molecule has 0 unspecified atom stereocenters. The van der Waals surface area contributed by atoms with E-state index in [1.165, 1.54) is 6.07 Å². The monoisotopic (exact) mass is 297 g/mol. The molecule has 0 saturated heterocycles. The van der Waals surface area contributed by atoms with Crippen LogP contribution in [0.3, 0.4) is 0 Å². The number of nitrogens with zero attached hydrogens (tertiary/aromatic N) is 1. The van der Waals surface area contributed by atoms with Crippen LogP contribution in [0.5, 0.6) is 0 Å². The molecule has 0 bridgehead atoms. The molecule has 0 spiro atoms. The maximum atomic E-state index is 14.2. The van der Waals surface area contributed by atoms with Crippen molar-refractivity contribution in [1.82, 2.24) is 4.98 Å². The first-order chi connectivity index (χ1) is 10.1. The van der Waals surface area contributed by atoms with Gasteiger partial charge in [0.25, 0.3) is 0 Å². The van der Waals surface area contributed by atoms with E-state index in [-0.39, 0.29) is 5.82 Å². The van der Waals surface area contributed by atoms with Crippen molar-refractivity contribution in [3.63, 3.8) is 0 Å². The number of halogens is 2. The third kappa shape index (κ3) is 2.32. The van der Waals surface area contributed by atoms with E-state index >= 15 is 0 Å². The average Bonchev–Trinajstić information content (AvgIpc) is 2.49. The highest BCUT2D eigenvalue weighted by molar-refractivity contribution is 6.38. The van der Waals surface area contributed by atoms with Crippen LogP contribution >= 0.6 is 11.6 Å². The fourth-order valence-corrected chi connectivity index (χ4v) is 2.87. The number of benzene rings is 2. The molecule has 0 aliphatic carbocycles. The Kier molecular flexibility index (Phi) is 3.48. The highest BCUT2D eigenvalue weighted by Gasteiger charge is 2.15. The Bertz CT molecular complexity index is 841. The van der Waals surface area contributed by atoms with Gasteiger partial charge in [-0.15, -0.1) is 0 Å². The summed E-state index contributed by atoms with van der Waals surface area (Å²) in [5.41, 5.74) is 3.50. The molecule has 0 atom stereocenters. The second-order valence-electron chi connectivity index (χ2n) is 4.86. The van der Waals surface area contributed by atoms with Crippen LogP contribution in [-0.4, -0.2) is 4.98 Å². The summed E-state index contributed by atoms with van der Waals surface area (Å²) < 4.78 is 14.2. The van der Waals surface area contributed by atoms with Crippen molar-refractivity contribution in [2.24, 2.45) is 0 Å². The molecule has 0 fully saturated rings. The predicted octanol–water partition coefficient (Wildman–Crippen LogP) is 5.65. The zero-order valence-electron chi connectivity index (χ0n) is 11.5. The van der Waals surface area contributed by atoms with Crippen molar-refractivity contribution in [3.8, 4) is 11.1 Å². The van der Waals surface area contributed by atoms with Crippen LogP contribution in [0.1, 0.15) is 11.3 Å². The van der Waals surface area contributed by atoms with E-state index in [0.717, 1.165) is 11.1 Å². The SMILES string of the molecule is C=Cc1cc(F)c2nc(C)c(-c3ccccc3)c(Cl)c2c1. The van der Waals surface area contributed by atoms with E-state index in [2.05, 4.69) is 11.6 Å². The zero-order chi connectivity index (χ0) is 15.0. The largest absolute Gasteiger partial charge is 0.249 e. The van der Waals surface area contributed by atoms with Gasteiger partial charge in [0.05, 0.1) is 5.02 Å². The van der Waals surface area contributed by atoms with Gasteiger partial charge in [-0.2, -0.15) is 0 Å². The first-order valence-corrected chi connectivity index (χ1v) is 6.97. The molecule has 104 valence electrons. The molecule has 0 amide bonds. The molecule has 1 aromatic heterocycles. The van der Waals surface area contributed by atoms with Gasteiger partial charge in [0.1, 0.15) is 11.3 Å². The number of aromatic nitrogens is 1. The van der Waals surface area contributed by atoms with Gasteiger partial charge in [0, 0.05) is 16.6 Å². The fraction of sp³-hybridized carbons (Fsp3) is 0.0556. The van der Waals surface area contributed by atoms with Gasteiger partial charge in [-0.25, -0.2) is 9.37 Å². The minimum Gasteiger partial charge on any atom is -0.249 e. The van der Waals surface area contributed by atoms with E-state index in [4.69, 9.17) is 11.6 Å². The van der Waals surface area contributed by atoms with Gasteiger partial charge < -0.3 is 0 Å². The van der Waals surface area contributed by atoms with Crippen molar-refractivity contribution in [1.29, 1.82) is 0 Å². The number of pyridine rings is 1. The van der Waals surface area contributed by atoms with Crippen LogP contribution in [0.2, 0.25) is 5.02 Å². The van der Waals surface area contributed by atoms with Gasteiger partial charge in [-0.3, -0.25) is 0 Å². The first-order valence-electron chi connectivity index (χ1n) is 6.59. The molecule has 1 heterocycles. The number of fused-ring (bicyclic) bond motifs is 1. The average molecular weight is 298 g/mol. The normalized spacial score (nSPS) is 10.8.